The monoisotopic (exact) mass is 752 g/mol. The number of aromatic nitrogens is 4. The van der Waals surface area contributed by atoms with Crippen molar-refractivity contribution in [2.45, 2.75) is 62.4 Å². The van der Waals surface area contributed by atoms with E-state index < -0.39 is 95.6 Å². The molecule has 10 N–H and O–H groups in total. The number of ether oxygens (including phenoxy) is 2. The summed E-state index contributed by atoms with van der Waals surface area (Å²) in [7, 11) is -10.7. The molecule has 0 aliphatic carbocycles. The predicted octanol–water partition coefficient (Wildman–Crippen LogP) is -4.36. The number of imidazole rings is 1. The van der Waals surface area contributed by atoms with Gasteiger partial charge >= 0.3 is 15.6 Å². The van der Waals surface area contributed by atoms with E-state index in [1.165, 1.54) is 28.2 Å². The maximum atomic E-state index is 12.4. The van der Waals surface area contributed by atoms with E-state index in [1.807, 2.05) is 0 Å². The molecular weight excluding hydrogens is 720 g/mol. The van der Waals surface area contributed by atoms with Crippen molar-refractivity contribution < 1.29 is 81.7 Å². The minimum Gasteiger partial charge on any atom is -0.542 e. The Bertz CT molecular complexity index is 1740. The highest BCUT2D eigenvalue weighted by Gasteiger charge is 2.48. The fourth-order valence-corrected chi connectivity index (χ4v) is 6.77. The molecule has 0 bridgehead atoms. The number of amides is 1. The molecule has 26 heteroatoms. The highest BCUT2D eigenvalue weighted by molar-refractivity contribution is 7.61. The quantitative estimate of drug-likeness (QED) is 0.0750. The maximum absolute atomic E-state index is 12.4. The zero-order chi connectivity index (χ0) is 37.1. The normalized spacial score (nSPS) is 30.2. The topological polar surface area (TPSA) is 375 Å². The molecule has 24 nitrogen and oxygen atoms in total. The van der Waals surface area contributed by atoms with Crippen LogP contribution in [-0.2, 0) is 46.3 Å². The maximum Gasteiger partial charge on any atom is 0.481 e. The van der Waals surface area contributed by atoms with Crippen LogP contribution in [0.5, 0.6) is 0 Å². The molecule has 2 saturated heterocycles. The second-order valence-electron chi connectivity index (χ2n) is 10.7. The molecule has 2 fully saturated rings. The van der Waals surface area contributed by atoms with Crippen LogP contribution in [0.25, 0.3) is 11.2 Å². The lowest BCUT2D eigenvalue weighted by atomic mass is 10.1. The molecule has 0 aromatic carbocycles. The Labute approximate surface area is 280 Å². The molecule has 5 heterocycles. The summed E-state index contributed by atoms with van der Waals surface area (Å²) in [4.78, 5) is 63.3. The number of carbonyl (C=O) groups is 3. The third-order valence-corrected chi connectivity index (χ3v) is 9.77. The fourth-order valence-electron chi connectivity index (χ4n) is 4.68. The number of phosphoric acid groups is 2. The Morgan fingerprint density at radius 2 is 1.50 bits per heavy atom. The van der Waals surface area contributed by atoms with Crippen LogP contribution in [0, 0.1) is 0 Å². The smallest absolute Gasteiger partial charge is 0.481 e. The van der Waals surface area contributed by atoms with Crippen molar-refractivity contribution in [3.63, 3.8) is 0 Å². The number of hydrogen-bond donors (Lipinski definition) is 8. The zero-order valence-corrected chi connectivity index (χ0v) is 27.4. The van der Waals surface area contributed by atoms with Gasteiger partial charge in [-0.3, -0.25) is 23.2 Å². The average molecular weight is 753 g/mol. The third-order valence-electron chi connectivity index (χ3n) is 7.16. The van der Waals surface area contributed by atoms with Gasteiger partial charge < -0.3 is 66.0 Å². The van der Waals surface area contributed by atoms with Gasteiger partial charge in [0.15, 0.2) is 29.7 Å². The van der Waals surface area contributed by atoms with Gasteiger partial charge in [0.1, 0.15) is 54.4 Å². The molecule has 276 valence electrons. The molecule has 0 spiro atoms. The number of Topliss-reactive ketones (excluding diaryl/α,β-unsaturated/α-hetero) is 1. The number of nitrogens with two attached hydrogens (primary N) is 2. The van der Waals surface area contributed by atoms with Crippen molar-refractivity contribution in [2.75, 3.05) is 18.9 Å². The highest BCUT2D eigenvalue weighted by atomic mass is 31.3. The molecule has 50 heavy (non-hydrogen) atoms. The number of hydrogen-bond acceptors (Lipinski definition) is 20. The number of carboxylic acids is 1. The Morgan fingerprint density at radius 1 is 0.960 bits per heavy atom. The second-order valence-corrected chi connectivity index (χ2v) is 13.7. The van der Waals surface area contributed by atoms with Crippen molar-refractivity contribution in [3.05, 3.63) is 36.7 Å². The molecule has 2 unspecified atom stereocenters. The summed E-state index contributed by atoms with van der Waals surface area (Å²) in [5.74, 6) is -3.22. The molecule has 3 aliphatic heterocycles. The third kappa shape index (κ3) is 9.13. The number of aliphatic hydroxyl groups excluding tert-OH is 4. The largest absolute Gasteiger partial charge is 0.542 e. The number of aliphatic carboxylic acids is 1. The van der Waals surface area contributed by atoms with Crippen molar-refractivity contribution in [1.82, 2.24) is 24.4 Å². The fraction of sp³-hybridized carbons (Fsp3) is 0.500. The number of aliphatic hydroxyl groups is 4. The van der Waals surface area contributed by atoms with Crippen LogP contribution in [0.3, 0.4) is 0 Å². The molecule has 0 saturated carbocycles. The number of carbonyl (C=O) groups excluding carboxylic acids is 3. The number of phosphoric ester groups is 2. The minimum absolute atomic E-state index is 0.0517. The van der Waals surface area contributed by atoms with Gasteiger partial charge in [0.05, 0.1) is 19.5 Å². The molecule has 5 rings (SSSR count). The van der Waals surface area contributed by atoms with Gasteiger partial charge in [-0.2, -0.15) is 4.31 Å². The lowest BCUT2D eigenvalue weighted by molar-refractivity contribution is -0.299. The van der Waals surface area contributed by atoms with Crippen molar-refractivity contribution in [2.24, 2.45) is 5.73 Å². The first-order valence-electron chi connectivity index (χ1n) is 14.1. The summed E-state index contributed by atoms with van der Waals surface area (Å²) >= 11 is 0. The van der Waals surface area contributed by atoms with E-state index >= 15 is 0 Å². The van der Waals surface area contributed by atoms with E-state index in [-0.39, 0.29) is 29.0 Å². The number of nitrogen functional groups attached to an aromatic ring is 1. The van der Waals surface area contributed by atoms with E-state index in [2.05, 4.69) is 19.3 Å². The van der Waals surface area contributed by atoms with Crippen LogP contribution in [0.4, 0.5) is 5.82 Å². The van der Waals surface area contributed by atoms with Crippen LogP contribution in [0.15, 0.2) is 36.7 Å². The predicted molar refractivity (Wildman–Crippen MR) is 158 cm³/mol. The van der Waals surface area contributed by atoms with E-state index in [0.29, 0.717) is 0 Å². The first-order valence-corrected chi connectivity index (χ1v) is 17.1. The second kappa shape index (κ2) is 15.7. The molecule has 2 aromatic rings. The van der Waals surface area contributed by atoms with Gasteiger partial charge in [-0.1, -0.05) is 6.08 Å². The summed E-state index contributed by atoms with van der Waals surface area (Å²) in [6.07, 6.45) is -4.88. The first-order chi connectivity index (χ1) is 23.3. The van der Waals surface area contributed by atoms with Crippen LogP contribution in [0.1, 0.15) is 19.6 Å². The van der Waals surface area contributed by atoms with Crippen LogP contribution >= 0.6 is 15.6 Å². The number of ketones is 1. The van der Waals surface area contributed by atoms with Crippen molar-refractivity contribution in [1.29, 1.82) is 0 Å². The Balaban J connectivity index is 0.000000860. The SMILES string of the molecule is CC(=O)C(=O)[O-].NC(=O)C1=CN([C@@H]2O[C@H](COP(=O)(O)OP(=O)(O)OC[C@H]3O[C@@H](n4cnc5c(N)ncnc54)[C@H](O)[C@@H]3O)[C@@H](O)[C@H]2O)C=CC1. The van der Waals surface area contributed by atoms with Crippen LogP contribution in [0.2, 0.25) is 0 Å². The number of nitrogens with zero attached hydrogens (tertiary/aromatic N) is 5. The summed E-state index contributed by atoms with van der Waals surface area (Å²) in [6.45, 7) is -0.845. The van der Waals surface area contributed by atoms with Gasteiger partial charge in [0, 0.05) is 24.9 Å². The highest BCUT2D eigenvalue weighted by Crippen LogP contribution is 2.60. The Hall–Kier alpha value is -3.74. The lowest BCUT2D eigenvalue weighted by Gasteiger charge is -2.28. The molecule has 10 atom stereocenters. The Kier molecular flexibility index (Phi) is 12.2. The number of carboxylic acid groups (broad SMARTS) is 1. The van der Waals surface area contributed by atoms with Gasteiger partial charge in [-0.15, -0.1) is 0 Å². The van der Waals surface area contributed by atoms with E-state index in [9.17, 15) is 58.8 Å². The minimum atomic E-state index is -5.37. The van der Waals surface area contributed by atoms with Gasteiger partial charge in [0.25, 0.3) is 0 Å². The summed E-state index contributed by atoms with van der Waals surface area (Å²) in [5, 5.41) is 50.9. The number of primary amides is 1. The van der Waals surface area contributed by atoms with Gasteiger partial charge in [-0.25, -0.2) is 24.1 Å². The molecule has 1 amide bonds. The summed E-state index contributed by atoms with van der Waals surface area (Å²) in [5.41, 5.74) is 11.6. The lowest BCUT2D eigenvalue weighted by Crippen LogP contribution is -2.40. The molecule has 0 radical (unpaired) electrons. The average Bonchev–Trinajstić information content (AvgIpc) is 3.69. The number of fused-ring (bicyclic) bond motifs is 1. The summed E-state index contributed by atoms with van der Waals surface area (Å²) < 4.78 is 50.8. The first kappa shape index (κ1) is 39.1. The zero-order valence-electron chi connectivity index (χ0n) is 25.6. The van der Waals surface area contributed by atoms with E-state index in [0.717, 1.165) is 13.3 Å². The van der Waals surface area contributed by atoms with Crippen LogP contribution < -0.4 is 16.6 Å². The van der Waals surface area contributed by atoms with E-state index in [1.54, 1.807) is 6.08 Å². The van der Waals surface area contributed by atoms with E-state index in [4.69, 9.17) is 30.0 Å². The van der Waals surface area contributed by atoms with Crippen molar-refractivity contribution in [3.8, 4) is 0 Å². The van der Waals surface area contributed by atoms with Crippen LogP contribution in [-0.4, -0.2) is 128 Å². The number of allylic oxidation sites excluding steroid dienone is 1. The molecule has 3 aliphatic rings. The van der Waals surface area contributed by atoms with Gasteiger partial charge in [-0.05, 0) is 6.42 Å². The van der Waals surface area contributed by atoms with Crippen molar-refractivity contribution >= 4 is 50.3 Å². The standard InChI is InChI=1S/C21H29N7O14P2.C3H4O3/c22-17-12-19(25-7-24-17)28(8-26-12)21-16(32)14(30)11(41-21)6-39-44(36,37)42-43(34,35)38-5-10-13(29)15(31)20(40-10)27-3-1-2-9(4-27)18(23)33;1-2(4)3(5)6/h1,3-4,7-8,10-11,13-16,20-21,29-32H,2,5-6H2,(H2,23,33)(H,34,35)(H,36,37)(H2,22,24,25);1H3,(H,5,6)/p-1/t10-,11-,13-,14-,15-,16-,20-,21-;/m1./s1. The Morgan fingerprint density at radius 3 is 2.04 bits per heavy atom. The molecular formula is C24H32N7O17P2-. The summed E-state index contributed by atoms with van der Waals surface area (Å²) in [6, 6.07) is 0. The van der Waals surface area contributed by atoms with Gasteiger partial charge in [0.2, 0.25) is 5.91 Å². The number of anilines is 1. The number of rotatable bonds is 12. The molecule has 2 aromatic heterocycles.